The quantitative estimate of drug-likeness (QED) is 0.379. The first kappa shape index (κ1) is 24.9. The second kappa shape index (κ2) is 11.0. The molecule has 0 saturated carbocycles. The van der Waals surface area contributed by atoms with E-state index in [0.29, 0.717) is 53.5 Å². The van der Waals surface area contributed by atoms with Crippen LogP contribution in [0.4, 0.5) is 36.7 Å². The van der Waals surface area contributed by atoms with Gasteiger partial charge >= 0.3 is 6.36 Å². The average molecular weight is 528 g/mol. The first-order chi connectivity index (χ1) is 16.8. The van der Waals surface area contributed by atoms with Crippen molar-refractivity contribution in [2.24, 2.45) is 10.2 Å². The van der Waals surface area contributed by atoms with Crippen LogP contribution in [0.2, 0.25) is 10.0 Å². The van der Waals surface area contributed by atoms with E-state index >= 15 is 0 Å². The minimum Gasteiger partial charge on any atom is -0.406 e. The van der Waals surface area contributed by atoms with Crippen LogP contribution in [-0.4, -0.2) is 47.6 Å². The van der Waals surface area contributed by atoms with Gasteiger partial charge in [0.25, 0.3) is 5.95 Å². The highest BCUT2D eigenvalue weighted by Gasteiger charge is 2.31. The van der Waals surface area contributed by atoms with Crippen LogP contribution in [0.5, 0.6) is 5.75 Å². The Balaban J connectivity index is 1.56. The molecule has 1 N–H and O–H groups in total. The molecule has 0 radical (unpaired) electrons. The number of hydrogen-bond donors (Lipinski definition) is 1. The molecule has 0 spiro atoms. The summed E-state index contributed by atoms with van der Waals surface area (Å²) >= 11 is 12.3. The summed E-state index contributed by atoms with van der Waals surface area (Å²) in [5.41, 5.74) is 1.05. The third-order valence-electron chi connectivity index (χ3n) is 4.70. The Morgan fingerprint density at radius 2 is 1.69 bits per heavy atom. The van der Waals surface area contributed by atoms with Crippen LogP contribution in [0.15, 0.2) is 52.7 Å². The van der Waals surface area contributed by atoms with Gasteiger partial charge in [-0.1, -0.05) is 29.3 Å². The van der Waals surface area contributed by atoms with Gasteiger partial charge in [0.05, 0.1) is 19.8 Å². The van der Waals surface area contributed by atoms with Gasteiger partial charge in [0.15, 0.2) is 0 Å². The van der Waals surface area contributed by atoms with E-state index in [1.807, 2.05) is 4.90 Å². The Morgan fingerprint density at radius 1 is 1.00 bits per heavy atom. The summed E-state index contributed by atoms with van der Waals surface area (Å²) in [4.78, 5) is 14.9. The van der Waals surface area contributed by atoms with Gasteiger partial charge in [-0.15, -0.1) is 18.3 Å². The molecule has 0 atom stereocenters. The van der Waals surface area contributed by atoms with Crippen molar-refractivity contribution in [3.05, 3.63) is 58.1 Å². The topological polar surface area (TPSA) is 97.1 Å². The fraction of sp³-hybridized carbons (Fsp3) is 0.286. The molecule has 0 unspecified atom stereocenters. The smallest absolute Gasteiger partial charge is 0.406 e. The minimum atomic E-state index is -4.77. The Hall–Kier alpha value is -3.22. The molecule has 184 valence electrons. The van der Waals surface area contributed by atoms with Gasteiger partial charge in [-0.05, 0) is 36.4 Å². The second-order valence-electron chi connectivity index (χ2n) is 7.16. The molecule has 0 amide bonds. The standard InChI is InChI=1S/C21H18Cl2F3N7O2/c22-16-2-1-3-17(23)15(16)12-27-32-19-29-18(30-20(31-19)33-8-10-34-11-9-33)28-13-4-6-14(7-5-13)35-21(24,25)26/h1-7H,8-12H2,(H,28,29,30,31). The number of nitrogens with one attached hydrogen (secondary N) is 1. The molecular formula is C21H18Cl2F3N7O2. The molecule has 3 aromatic rings. The highest BCUT2D eigenvalue weighted by molar-refractivity contribution is 6.35. The average Bonchev–Trinajstić information content (AvgIpc) is 2.82. The van der Waals surface area contributed by atoms with E-state index in [0.717, 1.165) is 0 Å². The summed E-state index contributed by atoms with van der Waals surface area (Å²) in [6.45, 7) is 2.27. The van der Waals surface area contributed by atoms with E-state index in [1.165, 1.54) is 24.3 Å². The zero-order chi connectivity index (χ0) is 24.8. The van der Waals surface area contributed by atoms with E-state index in [4.69, 9.17) is 27.9 Å². The van der Waals surface area contributed by atoms with Crippen molar-refractivity contribution in [2.75, 3.05) is 36.5 Å². The lowest BCUT2D eigenvalue weighted by atomic mass is 10.2. The molecule has 4 rings (SSSR count). The van der Waals surface area contributed by atoms with Crippen molar-refractivity contribution < 1.29 is 22.6 Å². The number of azo groups is 1. The molecule has 2 aromatic carbocycles. The fourth-order valence-electron chi connectivity index (χ4n) is 3.08. The number of benzene rings is 2. The number of rotatable bonds is 7. The third kappa shape index (κ3) is 7.13. The van der Waals surface area contributed by atoms with E-state index in [1.54, 1.807) is 18.2 Å². The zero-order valence-corrected chi connectivity index (χ0v) is 19.5. The molecule has 9 nitrogen and oxygen atoms in total. The normalized spacial score (nSPS) is 14.4. The monoisotopic (exact) mass is 527 g/mol. The molecule has 2 heterocycles. The number of ether oxygens (including phenoxy) is 2. The SMILES string of the molecule is FC(F)(F)Oc1ccc(Nc2nc(N=NCc3c(Cl)cccc3Cl)nc(N3CCOCC3)n2)cc1. The summed E-state index contributed by atoms with van der Waals surface area (Å²) in [5.74, 6) is 0.174. The van der Waals surface area contributed by atoms with Gasteiger partial charge in [-0.25, -0.2) is 0 Å². The Bertz CT molecular complexity index is 1170. The van der Waals surface area contributed by atoms with Crippen molar-refractivity contribution in [1.82, 2.24) is 15.0 Å². The molecular weight excluding hydrogens is 510 g/mol. The lowest BCUT2D eigenvalue weighted by Crippen LogP contribution is -2.37. The first-order valence-corrected chi connectivity index (χ1v) is 11.0. The zero-order valence-electron chi connectivity index (χ0n) is 18.0. The largest absolute Gasteiger partial charge is 0.573 e. The van der Waals surface area contributed by atoms with Crippen LogP contribution in [0.1, 0.15) is 5.56 Å². The van der Waals surface area contributed by atoms with Gasteiger partial charge in [-0.2, -0.15) is 20.1 Å². The molecule has 35 heavy (non-hydrogen) atoms. The summed E-state index contributed by atoms with van der Waals surface area (Å²) in [6, 6.07) is 10.3. The highest BCUT2D eigenvalue weighted by atomic mass is 35.5. The van der Waals surface area contributed by atoms with Gasteiger partial charge < -0.3 is 19.7 Å². The van der Waals surface area contributed by atoms with Crippen molar-refractivity contribution in [1.29, 1.82) is 0 Å². The predicted molar refractivity (Wildman–Crippen MR) is 124 cm³/mol. The summed E-state index contributed by atoms with van der Waals surface area (Å²) < 4.78 is 46.4. The predicted octanol–water partition coefficient (Wildman–Crippen LogP) is 5.94. The summed E-state index contributed by atoms with van der Waals surface area (Å²) in [6.07, 6.45) is -4.77. The maximum absolute atomic E-state index is 12.4. The lowest BCUT2D eigenvalue weighted by Gasteiger charge is -2.26. The number of nitrogens with zero attached hydrogens (tertiary/aromatic N) is 6. The van der Waals surface area contributed by atoms with Crippen LogP contribution >= 0.6 is 23.2 Å². The summed E-state index contributed by atoms with van der Waals surface area (Å²) in [7, 11) is 0. The Morgan fingerprint density at radius 3 is 2.34 bits per heavy atom. The van der Waals surface area contributed by atoms with Crippen LogP contribution < -0.4 is 15.0 Å². The Labute approximate surface area is 207 Å². The highest BCUT2D eigenvalue weighted by Crippen LogP contribution is 2.27. The van der Waals surface area contributed by atoms with Crippen LogP contribution in [0.3, 0.4) is 0 Å². The van der Waals surface area contributed by atoms with Crippen molar-refractivity contribution in [3.63, 3.8) is 0 Å². The number of anilines is 3. The van der Waals surface area contributed by atoms with Crippen LogP contribution in [0, 0.1) is 0 Å². The molecule has 1 saturated heterocycles. The van der Waals surface area contributed by atoms with E-state index in [9.17, 15) is 13.2 Å². The molecule has 1 fully saturated rings. The number of aromatic nitrogens is 3. The van der Waals surface area contributed by atoms with Crippen molar-refractivity contribution in [3.8, 4) is 5.75 Å². The van der Waals surface area contributed by atoms with Gasteiger partial charge in [0.1, 0.15) is 5.75 Å². The second-order valence-corrected chi connectivity index (χ2v) is 7.97. The fourth-order valence-corrected chi connectivity index (χ4v) is 3.60. The van der Waals surface area contributed by atoms with Crippen molar-refractivity contribution >= 4 is 46.7 Å². The molecule has 0 aliphatic carbocycles. The summed E-state index contributed by atoms with van der Waals surface area (Å²) in [5, 5.41) is 12.1. The maximum Gasteiger partial charge on any atom is 0.573 e. The Kier molecular flexibility index (Phi) is 7.83. The van der Waals surface area contributed by atoms with Gasteiger partial charge in [-0.3, -0.25) is 0 Å². The number of halogens is 5. The lowest BCUT2D eigenvalue weighted by molar-refractivity contribution is -0.274. The molecule has 0 bridgehead atoms. The molecule has 1 aliphatic heterocycles. The van der Waals surface area contributed by atoms with Gasteiger partial charge in [0.2, 0.25) is 11.9 Å². The minimum absolute atomic E-state index is 0.0317. The van der Waals surface area contributed by atoms with Crippen molar-refractivity contribution in [2.45, 2.75) is 12.9 Å². The van der Waals surface area contributed by atoms with Gasteiger partial charge in [0, 0.05) is 34.4 Å². The number of hydrogen-bond acceptors (Lipinski definition) is 9. The van der Waals surface area contributed by atoms with E-state index in [-0.39, 0.29) is 24.2 Å². The van der Waals surface area contributed by atoms with Crippen LogP contribution in [-0.2, 0) is 11.3 Å². The molecule has 1 aliphatic rings. The third-order valence-corrected chi connectivity index (χ3v) is 5.41. The molecule has 14 heteroatoms. The van der Waals surface area contributed by atoms with Crippen LogP contribution in [0.25, 0.3) is 0 Å². The first-order valence-electron chi connectivity index (χ1n) is 10.3. The maximum atomic E-state index is 12.4. The van der Waals surface area contributed by atoms with E-state index < -0.39 is 6.36 Å². The van der Waals surface area contributed by atoms with E-state index in [2.05, 4.69) is 35.2 Å². The number of alkyl halides is 3. The number of morpholine rings is 1. The molecule has 1 aromatic heterocycles.